The van der Waals surface area contributed by atoms with E-state index in [1.54, 1.807) is 7.05 Å². The first-order valence-electron chi connectivity index (χ1n) is 11.4. The molecule has 0 aromatic heterocycles. The van der Waals surface area contributed by atoms with Crippen molar-refractivity contribution in [3.63, 3.8) is 0 Å². The van der Waals surface area contributed by atoms with E-state index in [2.05, 4.69) is 62.3 Å². The molecule has 2 aromatic carbocycles. The number of carbonyl (C=O) groups excluding carboxylic acids is 1. The topological polar surface area (TPSA) is 80.8 Å². The average molecular weight is 437 g/mol. The van der Waals surface area contributed by atoms with Crippen LogP contribution in [0.2, 0.25) is 0 Å². The molecule has 1 aliphatic heterocycles. The smallest absolute Gasteiger partial charge is 0.319 e. The number of aliphatic imine (C=N–C) groups is 1. The summed E-state index contributed by atoms with van der Waals surface area (Å²) in [6.07, 6.45) is 2.55. The maximum atomic E-state index is 11.8. The number of nitrogens with one attached hydrogen (secondary N) is 4. The number of hydrogen-bond donors (Lipinski definition) is 4. The first-order chi connectivity index (χ1) is 15.4. The maximum Gasteiger partial charge on any atom is 0.319 e. The molecule has 1 aliphatic rings. The van der Waals surface area contributed by atoms with E-state index in [9.17, 15) is 4.79 Å². The zero-order valence-corrected chi connectivity index (χ0v) is 19.6. The standard InChI is InChI=1S/C25H36N6O/c1-18(2)28-25(32)30-22-12-10-20(11-13-22)17-27-24(26-4)29-19(3)21-8-7-9-23(16-21)31-14-5-6-15-31/h7-13,16,18-19H,5-6,14-15,17H2,1-4H3,(H2,26,27,29)(H2,28,30,32). The Labute approximate surface area is 191 Å². The molecule has 2 amide bonds. The molecule has 0 saturated carbocycles. The lowest BCUT2D eigenvalue weighted by molar-refractivity contribution is 0.250. The van der Waals surface area contributed by atoms with E-state index in [1.165, 1.54) is 24.1 Å². The number of benzene rings is 2. The molecule has 4 N–H and O–H groups in total. The fraction of sp³-hybridized carbons (Fsp3) is 0.440. The van der Waals surface area contributed by atoms with Crippen LogP contribution in [-0.4, -0.2) is 38.2 Å². The van der Waals surface area contributed by atoms with Crippen LogP contribution in [0, 0.1) is 0 Å². The highest BCUT2D eigenvalue weighted by Crippen LogP contribution is 2.24. The van der Waals surface area contributed by atoms with Gasteiger partial charge in [0.2, 0.25) is 0 Å². The Balaban J connectivity index is 1.51. The van der Waals surface area contributed by atoms with Crippen LogP contribution in [0.4, 0.5) is 16.2 Å². The Morgan fingerprint density at radius 3 is 2.41 bits per heavy atom. The molecule has 1 unspecified atom stereocenters. The monoisotopic (exact) mass is 436 g/mol. The summed E-state index contributed by atoms with van der Waals surface area (Å²) in [6, 6.07) is 16.6. The van der Waals surface area contributed by atoms with Crippen molar-refractivity contribution in [1.82, 2.24) is 16.0 Å². The fourth-order valence-electron chi connectivity index (χ4n) is 3.77. The van der Waals surface area contributed by atoms with Crippen molar-refractivity contribution in [2.75, 3.05) is 30.4 Å². The molecular formula is C25H36N6O. The number of hydrogen-bond acceptors (Lipinski definition) is 3. The van der Waals surface area contributed by atoms with Crippen molar-refractivity contribution >= 4 is 23.4 Å². The van der Waals surface area contributed by atoms with E-state index in [1.807, 2.05) is 38.1 Å². The predicted octanol–water partition coefficient (Wildman–Crippen LogP) is 4.24. The molecule has 7 heteroatoms. The molecule has 1 saturated heterocycles. The summed E-state index contributed by atoms with van der Waals surface area (Å²) in [6.45, 7) is 8.94. The number of nitrogens with zero attached hydrogens (tertiary/aromatic N) is 2. The van der Waals surface area contributed by atoms with E-state index < -0.39 is 0 Å². The molecular weight excluding hydrogens is 400 g/mol. The van der Waals surface area contributed by atoms with Crippen LogP contribution >= 0.6 is 0 Å². The molecule has 0 radical (unpaired) electrons. The van der Waals surface area contributed by atoms with Gasteiger partial charge in [-0.25, -0.2) is 4.79 Å². The molecule has 1 fully saturated rings. The molecule has 0 aliphatic carbocycles. The van der Waals surface area contributed by atoms with Crippen molar-refractivity contribution in [3.05, 3.63) is 59.7 Å². The van der Waals surface area contributed by atoms with E-state index in [-0.39, 0.29) is 18.1 Å². The van der Waals surface area contributed by atoms with E-state index >= 15 is 0 Å². The maximum absolute atomic E-state index is 11.8. The zero-order chi connectivity index (χ0) is 22.9. The number of guanidine groups is 1. The van der Waals surface area contributed by atoms with Gasteiger partial charge in [0.15, 0.2) is 5.96 Å². The van der Waals surface area contributed by atoms with Gasteiger partial charge in [-0.1, -0.05) is 24.3 Å². The fourth-order valence-corrected chi connectivity index (χ4v) is 3.77. The van der Waals surface area contributed by atoms with Gasteiger partial charge >= 0.3 is 6.03 Å². The van der Waals surface area contributed by atoms with Crippen LogP contribution in [-0.2, 0) is 6.54 Å². The molecule has 32 heavy (non-hydrogen) atoms. The molecule has 2 aromatic rings. The Bertz CT molecular complexity index is 903. The number of carbonyl (C=O) groups is 1. The minimum atomic E-state index is -0.196. The van der Waals surface area contributed by atoms with Gasteiger partial charge in [0.25, 0.3) is 0 Å². The minimum Gasteiger partial charge on any atom is -0.372 e. The van der Waals surface area contributed by atoms with Gasteiger partial charge in [-0.2, -0.15) is 0 Å². The summed E-state index contributed by atoms with van der Waals surface area (Å²) in [7, 11) is 1.78. The van der Waals surface area contributed by atoms with E-state index in [0.29, 0.717) is 6.54 Å². The van der Waals surface area contributed by atoms with Crippen molar-refractivity contribution in [2.24, 2.45) is 4.99 Å². The molecule has 1 heterocycles. The van der Waals surface area contributed by atoms with Gasteiger partial charge in [0.05, 0.1) is 6.04 Å². The molecule has 7 nitrogen and oxygen atoms in total. The van der Waals surface area contributed by atoms with Crippen LogP contribution in [0.5, 0.6) is 0 Å². The Morgan fingerprint density at radius 2 is 1.75 bits per heavy atom. The summed E-state index contributed by atoms with van der Waals surface area (Å²) in [5, 5.41) is 12.5. The second kappa shape index (κ2) is 11.4. The first-order valence-corrected chi connectivity index (χ1v) is 11.4. The summed E-state index contributed by atoms with van der Waals surface area (Å²) in [5.74, 6) is 0.752. The third-order valence-corrected chi connectivity index (χ3v) is 5.51. The van der Waals surface area contributed by atoms with Crippen molar-refractivity contribution in [1.29, 1.82) is 0 Å². The van der Waals surface area contributed by atoms with Crippen molar-refractivity contribution in [2.45, 2.75) is 52.2 Å². The number of rotatable bonds is 7. The summed E-state index contributed by atoms with van der Waals surface area (Å²) in [4.78, 5) is 18.6. The van der Waals surface area contributed by atoms with E-state index in [0.717, 1.165) is 30.3 Å². The molecule has 1 atom stereocenters. The van der Waals surface area contributed by atoms with Gasteiger partial charge < -0.3 is 26.2 Å². The van der Waals surface area contributed by atoms with E-state index in [4.69, 9.17) is 0 Å². The highest BCUT2D eigenvalue weighted by molar-refractivity contribution is 5.89. The second-order valence-electron chi connectivity index (χ2n) is 8.53. The van der Waals surface area contributed by atoms with Crippen molar-refractivity contribution in [3.8, 4) is 0 Å². The Kier molecular flexibility index (Phi) is 8.36. The van der Waals surface area contributed by atoms with Crippen LogP contribution in [0.3, 0.4) is 0 Å². The average Bonchev–Trinajstić information content (AvgIpc) is 3.32. The minimum absolute atomic E-state index is 0.0998. The normalized spacial score (nSPS) is 14.9. The van der Waals surface area contributed by atoms with Crippen LogP contribution in [0.15, 0.2) is 53.5 Å². The third kappa shape index (κ3) is 6.90. The van der Waals surface area contributed by atoms with Gasteiger partial charge in [-0.3, -0.25) is 4.99 Å². The highest BCUT2D eigenvalue weighted by Gasteiger charge is 2.14. The summed E-state index contributed by atoms with van der Waals surface area (Å²) < 4.78 is 0. The molecule has 0 bridgehead atoms. The van der Waals surface area contributed by atoms with Gasteiger partial charge in [0.1, 0.15) is 0 Å². The quantitative estimate of drug-likeness (QED) is 0.387. The Hall–Kier alpha value is -3.22. The molecule has 3 rings (SSSR count). The number of amides is 2. The lowest BCUT2D eigenvalue weighted by atomic mass is 10.1. The lowest BCUT2D eigenvalue weighted by Gasteiger charge is -2.22. The number of anilines is 2. The summed E-state index contributed by atoms with van der Waals surface area (Å²) >= 11 is 0. The lowest BCUT2D eigenvalue weighted by Crippen LogP contribution is -2.38. The highest BCUT2D eigenvalue weighted by atomic mass is 16.2. The van der Waals surface area contributed by atoms with Crippen LogP contribution < -0.4 is 26.2 Å². The summed E-state index contributed by atoms with van der Waals surface area (Å²) in [5.41, 5.74) is 4.41. The van der Waals surface area contributed by atoms with Crippen LogP contribution in [0.1, 0.15) is 50.8 Å². The predicted molar refractivity (Wildman–Crippen MR) is 133 cm³/mol. The molecule has 0 spiro atoms. The van der Waals surface area contributed by atoms with Gasteiger partial charge in [-0.15, -0.1) is 0 Å². The third-order valence-electron chi connectivity index (χ3n) is 5.51. The van der Waals surface area contributed by atoms with Gasteiger partial charge in [-0.05, 0) is 69.0 Å². The zero-order valence-electron chi connectivity index (χ0n) is 19.6. The van der Waals surface area contributed by atoms with Gasteiger partial charge in [0, 0.05) is 44.1 Å². The van der Waals surface area contributed by atoms with Crippen LogP contribution in [0.25, 0.3) is 0 Å². The largest absolute Gasteiger partial charge is 0.372 e. The second-order valence-corrected chi connectivity index (χ2v) is 8.53. The SMILES string of the molecule is CN=C(NCc1ccc(NC(=O)NC(C)C)cc1)NC(C)c1cccc(N2CCCC2)c1. The molecule has 172 valence electrons. The first kappa shape index (κ1) is 23.4. The number of urea groups is 1. The van der Waals surface area contributed by atoms with Crippen molar-refractivity contribution < 1.29 is 4.79 Å². The Morgan fingerprint density at radius 1 is 1.03 bits per heavy atom.